The molecule has 1 N–H and O–H groups in total. The Morgan fingerprint density at radius 2 is 2.00 bits per heavy atom. The fraction of sp³-hybridized carbons (Fsp3) is 0.429. The summed E-state index contributed by atoms with van der Waals surface area (Å²) in [5, 5.41) is 8.32. The highest BCUT2D eigenvalue weighted by Gasteiger charge is 2.22. The van der Waals surface area contributed by atoms with E-state index in [1.807, 2.05) is 30.9 Å². The number of rotatable bonds is 4. The van der Waals surface area contributed by atoms with Crippen LogP contribution in [-0.2, 0) is 0 Å². The van der Waals surface area contributed by atoms with Crippen LogP contribution in [0.1, 0.15) is 42.9 Å². The first-order valence-corrected chi connectivity index (χ1v) is 6.75. The third-order valence-electron chi connectivity index (χ3n) is 3.11. The molecule has 2 aromatic rings. The molecule has 1 atom stereocenters. The predicted molar refractivity (Wildman–Crippen MR) is 77.5 cm³/mol. The summed E-state index contributed by atoms with van der Waals surface area (Å²) in [7, 11) is 1.92. The van der Waals surface area contributed by atoms with Gasteiger partial charge in [0.05, 0.1) is 23.0 Å². The fourth-order valence-electron chi connectivity index (χ4n) is 2.14. The highest BCUT2D eigenvalue weighted by Crippen LogP contribution is 2.29. The van der Waals surface area contributed by atoms with Gasteiger partial charge in [-0.05, 0) is 39.4 Å². The van der Waals surface area contributed by atoms with Crippen molar-refractivity contribution in [2.45, 2.75) is 32.9 Å². The number of pyridine rings is 1. The molecule has 4 nitrogen and oxygen atoms in total. The lowest BCUT2D eigenvalue weighted by Crippen LogP contribution is -2.23. The molecule has 2 aromatic heterocycles. The van der Waals surface area contributed by atoms with Gasteiger partial charge in [0, 0.05) is 17.9 Å². The van der Waals surface area contributed by atoms with Gasteiger partial charge in [0.25, 0.3) is 0 Å². The third-order valence-corrected chi connectivity index (χ3v) is 3.40. The summed E-state index contributed by atoms with van der Waals surface area (Å²) in [6.45, 7) is 6.16. The van der Waals surface area contributed by atoms with Gasteiger partial charge in [-0.1, -0.05) is 17.7 Å². The quantitative estimate of drug-likeness (QED) is 0.934. The largest absolute Gasteiger partial charge is 0.308 e. The van der Waals surface area contributed by atoms with Crippen LogP contribution in [0.3, 0.4) is 0 Å². The summed E-state index contributed by atoms with van der Waals surface area (Å²) in [5.41, 5.74) is 3.06. The molecule has 0 spiro atoms. The van der Waals surface area contributed by atoms with Crippen LogP contribution in [0.2, 0.25) is 5.02 Å². The zero-order valence-electron chi connectivity index (χ0n) is 11.7. The summed E-state index contributed by atoms with van der Waals surface area (Å²) in [5.74, 6) is 0. The van der Waals surface area contributed by atoms with E-state index in [0.29, 0.717) is 5.02 Å². The number of aryl methyl sites for hydroxylation is 1. The van der Waals surface area contributed by atoms with Gasteiger partial charge >= 0.3 is 0 Å². The second-order valence-corrected chi connectivity index (χ2v) is 5.28. The molecule has 1 unspecified atom stereocenters. The fourth-order valence-corrected chi connectivity index (χ4v) is 2.38. The zero-order chi connectivity index (χ0) is 14.0. The second-order valence-electron chi connectivity index (χ2n) is 4.87. The SMILES string of the molecule is CNC(c1ccc(C)nc1)c1c(Cl)cnn1C(C)C. The molecule has 2 rings (SSSR count). The van der Waals surface area contributed by atoms with E-state index in [4.69, 9.17) is 11.6 Å². The normalized spacial score (nSPS) is 12.9. The molecule has 102 valence electrons. The van der Waals surface area contributed by atoms with Gasteiger partial charge < -0.3 is 5.32 Å². The maximum atomic E-state index is 6.30. The van der Waals surface area contributed by atoms with Crippen LogP contribution in [0.15, 0.2) is 24.5 Å². The van der Waals surface area contributed by atoms with Gasteiger partial charge in [0.2, 0.25) is 0 Å². The number of nitrogens with zero attached hydrogens (tertiary/aromatic N) is 3. The highest BCUT2D eigenvalue weighted by atomic mass is 35.5. The van der Waals surface area contributed by atoms with Crippen molar-refractivity contribution < 1.29 is 0 Å². The second kappa shape index (κ2) is 5.72. The van der Waals surface area contributed by atoms with Gasteiger partial charge in [0.1, 0.15) is 0 Å². The Kier molecular flexibility index (Phi) is 4.22. The molecule has 5 heteroatoms. The molecule has 0 amide bonds. The summed E-state index contributed by atoms with van der Waals surface area (Å²) >= 11 is 6.30. The van der Waals surface area contributed by atoms with Crippen molar-refractivity contribution in [2.75, 3.05) is 7.05 Å². The minimum Gasteiger partial charge on any atom is -0.308 e. The van der Waals surface area contributed by atoms with E-state index < -0.39 is 0 Å². The van der Waals surface area contributed by atoms with Crippen LogP contribution in [-0.4, -0.2) is 21.8 Å². The molecule has 19 heavy (non-hydrogen) atoms. The van der Waals surface area contributed by atoms with Gasteiger partial charge in [-0.2, -0.15) is 5.10 Å². The van der Waals surface area contributed by atoms with Crippen LogP contribution in [0.4, 0.5) is 0 Å². The lowest BCUT2D eigenvalue weighted by molar-refractivity contribution is 0.484. The number of aromatic nitrogens is 3. The minimum absolute atomic E-state index is 0.00880. The molecule has 0 aliphatic heterocycles. The van der Waals surface area contributed by atoms with E-state index in [-0.39, 0.29) is 12.1 Å². The summed E-state index contributed by atoms with van der Waals surface area (Å²) in [6, 6.07) is 4.32. The maximum absolute atomic E-state index is 6.30. The Morgan fingerprint density at radius 3 is 2.53 bits per heavy atom. The van der Waals surface area contributed by atoms with Crippen molar-refractivity contribution in [3.8, 4) is 0 Å². The Balaban J connectivity index is 2.47. The van der Waals surface area contributed by atoms with E-state index in [9.17, 15) is 0 Å². The Bertz CT molecular complexity index is 545. The monoisotopic (exact) mass is 278 g/mol. The molecule has 0 aliphatic carbocycles. The maximum Gasteiger partial charge on any atom is 0.0837 e. The number of hydrogen-bond donors (Lipinski definition) is 1. The number of hydrogen-bond acceptors (Lipinski definition) is 3. The first-order valence-electron chi connectivity index (χ1n) is 6.37. The molecular formula is C14H19ClN4. The van der Waals surface area contributed by atoms with E-state index in [2.05, 4.69) is 35.3 Å². The molecule has 0 radical (unpaired) electrons. The number of halogens is 1. The van der Waals surface area contributed by atoms with Crippen LogP contribution in [0.25, 0.3) is 0 Å². The minimum atomic E-state index is -0.00880. The van der Waals surface area contributed by atoms with Gasteiger partial charge in [-0.15, -0.1) is 0 Å². The van der Waals surface area contributed by atoms with Gasteiger partial charge in [-0.3, -0.25) is 9.67 Å². The Labute approximate surface area is 118 Å². The average molecular weight is 279 g/mol. The molecule has 0 aromatic carbocycles. The molecule has 0 bridgehead atoms. The Hall–Kier alpha value is -1.39. The van der Waals surface area contributed by atoms with Gasteiger partial charge in [0.15, 0.2) is 0 Å². The van der Waals surface area contributed by atoms with Crippen molar-refractivity contribution in [1.29, 1.82) is 0 Å². The van der Waals surface area contributed by atoms with Crippen LogP contribution in [0, 0.1) is 6.92 Å². The molecule has 0 aliphatic rings. The predicted octanol–water partition coefficient (Wildman–Crippen LogP) is 3.13. The molecule has 0 fully saturated rings. The van der Waals surface area contributed by atoms with Crippen molar-refractivity contribution in [1.82, 2.24) is 20.1 Å². The van der Waals surface area contributed by atoms with E-state index in [0.717, 1.165) is 17.0 Å². The smallest absolute Gasteiger partial charge is 0.0837 e. The van der Waals surface area contributed by atoms with Crippen molar-refractivity contribution in [3.05, 3.63) is 46.5 Å². The average Bonchev–Trinajstić information content (AvgIpc) is 2.75. The zero-order valence-corrected chi connectivity index (χ0v) is 12.4. The summed E-state index contributed by atoms with van der Waals surface area (Å²) < 4.78 is 1.95. The van der Waals surface area contributed by atoms with Crippen molar-refractivity contribution in [2.24, 2.45) is 0 Å². The molecule has 2 heterocycles. The van der Waals surface area contributed by atoms with E-state index in [1.54, 1.807) is 6.20 Å². The first kappa shape index (κ1) is 14.0. The lowest BCUT2D eigenvalue weighted by Gasteiger charge is -2.20. The first-order chi connectivity index (χ1) is 9.04. The molecule has 0 saturated heterocycles. The topological polar surface area (TPSA) is 42.7 Å². The molecule has 0 saturated carbocycles. The molecular weight excluding hydrogens is 260 g/mol. The third kappa shape index (κ3) is 2.80. The van der Waals surface area contributed by atoms with E-state index >= 15 is 0 Å². The van der Waals surface area contributed by atoms with Crippen LogP contribution in [0.5, 0.6) is 0 Å². The summed E-state index contributed by atoms with van der Waals surface area (Å²) in [4.78, 5) is 4.35. The van der Waals surface area contributed by atoms with Crippen LogP contribution < -0.4 is 5.32 Å². The lowest BCUT2D eigenvalue weighted by atomic mass is 10.1. The van der Waals surface area contributed by atoms with E-state index in [1.165, 1.54) is 0 Å². The van der Waals surface area contributed by atoms with Crippen LogP contribution >= 0.6 is 11.6 Å². The summed E-state index contributed by atoms with van der Waals surface area (Å²) in [6.07, 6.45) is 3.58. The highest BCUT2D eigenvalue weighted by molar-refractivity contribution is 6.31. The van der Waals surface area contributed by atoms with Gasteiger partial charge in [-0.25, -0.2) is 0 Å². The standard InChI is InChI=1S/C14H19ClN4/c1-9(2)19-14(12(15)8-18-19)13(16-4)11-6-5-10(3)17-7-11/h5-9,13,16H,1-4H3. The Morgan fingerprint density at radius 1 is 1.26 bits per heavy atom. The van der Waals surface area contributed by atoms with Crippen molar-refractivity contribution >= 4 is 11.6 Å². The number of nitrogens with one attached hydrogen (secondary N) is 1. The van der Waals surface area contributed by atoms with Crippen molar-refractivity contribution in [3.63, 3.8) is 0 Å².